The molecule has 0 aliphatic heterocycles. The highest BCUT2D eigenvalue weighted by molar-refractivity contribution is 7.47. The Balaban J connectivity index is 4.20. The van der Waals surface area contributed by atoms with Crippen molar-refractivity contribution in [2.45, 2.75) is 193 Å². The summed E-state index contributed by atoms with van der Waals surface area (Å²) in [6.45, 7) is 5.43. The summed E-state index contributed by atoms with van der Waals surface area (Å²) in [5.41, 5.74) is 0. The standard InChI is InChI=1S/C55H96NO7P/c1-6-8-10-12-14-16-18-20-22-24-25-26-27-28-29-30-31-32-33-35-37-39-41-43-45-47-50-60-52-54(53-62-64(58,59)61-51-49-56(3,4)5)63-55(57)48-46-44-42-40-38-36-34-23-21-19-17-15-13-11-9-7-2/h8,10,14,16-17,19-20,22-23,25-26,28-29,31-32,34,54H,6-7,9,11-13,15,18,21,24,27,30,33,35-53H2,1-5H3/p+1/b10-8-,16-14-,19-17-,22-20-,26-25-,29-28-,32-31-,34-23-. The third-order valence-corrected chi connectivity index (χ3v) is 11.4. The molecule has 368 valence electrons. The molecule has 0 bridgehead atoms. The monoisotopic (exact) mass is 915 g/mol. The topological polar surface area (TPSA) is 91.3 Å². The van der Waals surface area contributed by atoms with Crippen molar-refractivity contribution in [2.24, 2.45) is 0 Å². The maximum Gasteiger partial charge on any atom is 0.472 e. The van der Waals surface area contributed by atoms with E-state index in [9.17, 15) is 14.3 Å². The van der Waals surface area contributed by atoms with Crippen LogP contribution >= 0.6 is 7.82 Å². The Morgan fingerprint density at radius 2 is 0.906 bits per heavy atom. The first kappa shape index (κ1) is 61.4. The van der Waals surface area contributed by atoms with Gasteiger partial charge in [-0.1, -0.05) is 182 Å². The van der Waals surface area contributed by atoms with Crippen LogP contribution in [0.1, 0.15) is 187 Å². The van der Waals surface area contributed by atoms with Crippen LogP contribution in [0, 0.1) is 0 Å². The molecule has 0 fully saturated rings. The zero-order valence-electron chi connectivity index (χ0n) is 41.7. The number of hydrogen-bond donors (Lipinski definition) is 1. The molecule has 2 unspecified atom stereocenters. The Morgan fingerprint density at radius 1 is 0.500 bits per heavy atom. The average Bonchev–Trinajstić information content (AvgIpc) is 3.25. The smallest absolute Gasteiger partial charge is 0.457 e. The van der Waals surface area contributed by atoms with Crippen molar-refractivity contribution < 1.29 is 37.3 Å². The van der Waals surface area contributed by atoms with Gasteiger partial charge in [0.05, 0.1) is 34.4 Å². The number of phosphoric acid groups is 1. The van der Waals surface area contributed by atoms with Crippen molar-refractivity contribution in [3.8, 4) is 0 Å². The summed E-state index contributed by atoms with van der Waals surface area (Å²) in [7, 11) is 1.63. The maximum absolute atomic E-state index is 12.7. The quantitative estimate of drug-likeness (QED) is 0.0214. The molecule has 9 heteroatoms. The largest absolute Gasteiger partial charge is 0.472 e. The van der Waals surface area contributed by atoms with Crippen molar-refractivity contribution in [1.82, 2.24) is 0 Å². The molecular formula is C55H97NO7P+. The molecule has 2 atom stereocenters. The molecule has 0 rings (SSSR count). The number of carbonyl (C=O) groups is 1. The highest BCUT2D eigenvalue weighted by atomic mass is 31.2. The second-order valence-electron chi connectivity index (χ2n) is 17.8. The Kier molecular flexibility index (Phi) is 45.0. The number of phosphoric ester groups is 1. The van der Waals surface area contributed by atoms with Gasteiger partial charge >= 0.3 is 13.8 Å². The van der Waals surface area contributed by atoms with Gasteiger partial charge in [-0.05, 0) is 96.3 Å². The molecule has 0 spiro atoms. The maximum atomic E-state index is 12.7. The molecule has 0 heterocycles. The minimum Gasteiger partial charge on any atom is -0.457 e. The fraction of sp³-hybridized carbons (Fsp3) is 0.691. The summed E-state index contributed by atoms with van der Waals surface area (Å²) >= 11 is 0. The van der Waals surface area contributed by atoms with Gasteiger partial charge in [-0.2, -0.15) is 0 Å². The van der Waals surface area contributed by atoms with Gasteiger partial charge in [0, 0.05) is 13.0 Å². The SMILES string of the molecule is CC/C=C\C/C=C\C/C=C\C/C=C\C/C=C\C/C=C\CCCCCCCCCOCC(COP(=O)(O)OCC[N+](C)(C)C)OC(=O)CCCCCCC/C=C\C/C=C\CCCCCC. The number of rotatable bonds is 46. The molecule has 8 nitrogen and oxygen atoms in total. The number of unbranched alkanes of at least 4 members (excludes halogenated alkanes) is 16. The lowest BCUT2D eigenvalue weighted by Gasteiger charge is -2.24. The van der Waals surface area contributed by atoms with Crippen LogP contribution in [0.5, 0.6) is 0 Å². The first-order valence-corrected chi connectivity index (χ1v) is 27.0. The highest BCUT2D eigenvalue weighted by Crippen LogP contribution is 2.43. The third-order valence-electron chi connectivity index (χ3n) is 10.4. The lowest BCUT2D eigenvalue weighted by atomic mass is 10.1. The van der Waals surface area contributed by atoms with E-state index in [1.54, 1.807) is 0 Å². The van der Waals surface area contributed by atoms with Gasteiger partial charge in [-0.25, -0.2) is 4.57 Å². The van der Waals surface area contributed by atoms with Crippen LogP contribution < -0.4 is 0 Å². The predicted molar refractivity (Wildman–Crippen MR) is 274 cm³/mol. The van der Waals surface area contributed by atoms with Gasteiger partial charge in [0.2, 0.25) is 0 Å². The van der Waals surface area contributed by atoms with E-state index in [0.717, 1.165) is 109 Å². The summed E-state index contributed by atoms with van der Waals surface area (Å²) in [5.74, 6) is -0.335. The van der Waals surface area contributed by atoms with Crippen LogP contribution in [0.4, 0.5) is 0 Å². The number of esters is 1. The molecule has 64 heavy (non-hydrogen) atoms. The number of quaternary nitrogens is 1. The number of hydrogen-bond acceptors (Lipinski definition) is 6. The molecule has 0 amide bonds. The summed E-state index contributed by atoms with van der Waals surface area (Å²) in [6.07, 6.45) is 64.5. The van der Waals surface area contributed by atoms with E-state index in [1.807, 2.05) is 21.1 Å². The Bertz CT molecular complexity index is 1340. The van der Waals surface area contributed by atoms with E-state index in [-0.39, 0.29) is 25.8 Å². The van der Waals surface area contributed by atoms with Crippen molar-refractivity contribution >= 4 is 13.8 Å². The lowest BCUT2D eigenvalue weighted by molar-refractivity contribution is -0.870. The first-order chi connectivity index (χ1) is 31.1. The Hall–Kier alpha value is -2.58. The second kappa shape index (κ2) is 46.9. The molecular weight excluding hydrogens is 818 g/mol. The lowest BCUT2D eigenvalue weighted by Crippen LogP contribution is -2.37. The first-order valence-electron chi connectivity index (χ1n) is 25.5. The summed E-state index contributed by atoms with van der Waals surface area (Å²) in [4.78, 5) is 23.0. The van der Waals surface area contributed by atoms with E-state index in [0.29, 0.717) is 24.1 Å². The third kappa shape index (κ3) is 50.4. The van der Waals surface area contributed by atoms with Crippen molar-refractivity contribution in [3.63, 3.8) is 0 Å². The van der Waals surface area contributed by atoms with Gasteiger partial charge in [0.1, 0.15) is 19.3 Å². The molecule has 0 radical (unpaired) electrons. The molecule has 0 aromatic heterocycles. The van der Waals surface area contributed by atoms with Crippen LogP contribution in [0.3, 0.4) is 0 Å². The highest BCUT2D eigenvalue weighted by Gasteiger charge is 2.26. The number of allylic oxidation sites excluding steroid dienone is 16. The zero-order chi connectivity index (χ0) is 46.9. The van der Waals surface area contributed by atoms with Gasteiger partial charge in [0.25, 0.3) is 0 Å². The summed E-state index contributed by atoms with van der Waals surface area (Å²) < 4.78 is 35.1. The predicted octanol–water partition coefficient (Wildman–Crippen LogP) is 15.8. The fourth-order valence-electron chi connectivity index (χ4n) is 6.47. The minimum atomic E-state index is -4.29. The number of carbonyl (C=O) groups excluding carboxylic acids is 1. The van der Waals surface area contributed by atoms with Crippen LogP contribution in [-0.4, -0.2) is 75.6 Å². The summed E-state index contributed by atoms with van der Waals surface area (Å²) in [6, 6.07) is 0. The van der Waals surface area contributed by atoms with Gasteiger partial charge < -0.3 is 18.9 Å². The second-order valence-corrected chi connectivity index (χ2v) is 19.3. The van der Waals surface area contributed by atoms with Gasteiger partial charge in [0.15, 0.2) is 0 Å². The molecule has 0 saturated carbocycles. The molecule has 0 aliphatic rings. The van der Waals surface area contributed by atoms with Gasteiger partial charge in [-0.3, -0.25) is 13.8 Å². The van der Waals surface area contributed by atoms with Gasteiger partial charge in [-0.15, -0.1) is 0 Å². The number of likely N-dealkylation sites (N-methyl/N-ethyl adjacent to an activating group) is 1. The number of nitrogens with zero attached hydrogens (tertiary/aromatic N) is 1. The van der Waals surface area contributed by atoms with Crippen LogP contribution in [-0.2, 0) is 27.9 Å². The van der Waals surface area contributed by atoms with Crippen molar-refractivity contribution in [2.75, 3.05) is 54.1 Å². The van der Waals surface area contributed by atoms with E-state index < -0.39 is 13.9 Å². The molecule has 1 N–H and O–H groups in total. The summed E-state index contributed by atoms with van der Waals surface area (Å²) in [5, 5.41) is 0. The Labute approximate surface area is 394 Å². The van der Waals surface area contributed by atoms with E-state index in [4.69, 9.17) is 18.5 Å². The Morgan fingerprint density at radius 3 is 1.36 bits per heavy atom. The van der Waals surface area contributed by atoms with E-state index in [2.05, 4.69) is 111 Å². The van der Waals surface area contributed by atoms with Crippen LogP contribution in [0.25, 0.3) is 0 Å². The van der Waals surface area contributed by atoms with E-state index >= 15 is 0 Å². The number of ether oxygens (including phenoxy) is 2. The zero-order valence-corrected chi connectivity index (χ0v) is 42.6. The fourth-order valence-corrected chi connectivity index (χ4v) is 7.21. The molecule has 0 aromatic rings. The molecule has 0 aromatic carbocycles. The van der Waals surface area contributed by atoms with Crippen LogP contribution in [0.15, 0.2) is 97.2 Å². The van der Waals surface area contributed by atoms with Crippen LogP contribution in [0.2, 0.25) is 0 Å². The molecule has 0 saturated heterocycles. The van der Waals surface area contributed by atoms with E-state index in [1.165, 1.54) is 57.8 Å². The normalized spacial score (nSPS) is 14.4. The van der Waals surface area contributed by atoms with Crippen molar-refractivity contribution in [3.05, 3.63) is 97.2 Å². The average molecular weight is 915 g/mol. The molecule has 0 aliphatic carbocycles. The van der Waals surface area contributed by atoms with Crippen molar-refractivity contribution in [1.29, 1.82) is 0 Å². The minimum absolute atomic E-state index is 0.0780.